The summed E-state index contributed by atoms with van der Waals surface area (Å²) in [5.41, 5.74) is 0. The molecule has 0 aliphatic carbocycles. The number of halogens is 3. The molecule has 0 saturated carbocycles. The maximum atomic E-state index is 12.4. The Morgan fingerprint density at radius 3 is 2.19 bits per heavy atom. The Hall–Kier alpha value is -0.330. The van der Waals surface area contributed by atoms with Crippen molar-refractivity contribution in [2.75, 3.05) is 46.9 Å². The highest BCUT2D eigenvalue weighted by Crippen LogP contribution is 2.25. The molecule has 0 spiro atoms. The van der Waals surface area contributed by atoms with Crippen molar-refractivity contribution >= 4 is 0 Å². The molecule has 3 nitrogen and oxygen atoms in total. The number of likely N-dealkylation sites (N-methyl/N-ethyl adjacent to an activating group) is 1. The van der Waals surface area contributed by atoms with Crippen LogP contribution in [-0.4, -0.2) is 69.0 Å². The molecule has 1 fully saturated rings. The summed E-state index contributed by atoms with van der Waals surface area (Å²) in [6, 6.07) is 0. The van der Waals surface area contributed by atoms with E-state index in [2.05, 4.69) is 14.5 Å². The summed E-state index contributed by atoms with van der Waals surface area (Å²) in [5.74, 6) is 0. The lowest BCUT2D eigenvalue weighted by molar-refractivity contribution is -0.215. The van der Waals surface area contributed by atoms with Crippen LogP contribution in [0.5, 0.6) is 0 Å². The van der Waals surface area contributed by atoms with Crippen molar-refractivity contribution in [2.24, 2.45) is 0 Å². The van der Waals surface area contributed by atoms with Crippen LogP contribution in [0, 0.1) is 0 Å². The van der Waals surface area contributed by atoms with E-state index in [9.17, 15) is 13.2 Å². The van der Waals surface area contributed by atoms with Gasteiger partial charge < -0.3 is 14.5 Å². The average Bonchev–Trinajstić information content (AvgIpc) is 2.19. The van der Waals surface area contributed by atoms with Gasteiger partial charge in [0.05, 0.1) is 0 Å². The molecule has 96 valence electrons. The predicted octanol–water partition coefficient (Wildman–Crippen LogP) is 1.20. The molecule has 0 aromatic rings. The molecule has 1 heterocycles. The molecule has 1 aliphatic heterocycles. The topological polar surface area (TPSA) is 15.7 Å². The molecule has 1 unspecified atom stereocenters. The number of alkyl halides is 3. The van der Waals surface area contributed by atoms with E-state index in [1.165, 1.54) is 0 Å². The highest BCUT2D eigenvalue weighted by Gasteiger charge is 2.39. The van der Waals surface area contributed by atoms with Gasteiger partial charge in [-0.25, -0.2) is 0 Å². The van der Waals surface area contributed by atoms with Crippen LogP contribution >= 0.6 is 0 Å². The molecule has 16 heavy (non-hydrogen) atoms. The second-order valence-corrected chi connectivity index (χ2v) is 4.20. The van der Waals surface area contributed by atoms with Gasteiger partial charge in [0, 0.05) is 39.8 Å². The molecular formula is C10H19F3N2O. The zero-order chi connectivity index (χ0) is 12.2. The lowest BCUT2D eigenvalue weighted by Crippen LogP contribution is -2.46. The number of hydrogen-bond acceptors (Lipinski definition) is 3. The highest BCUT2D eigenvalue weighted by molar-refractivity contribution is 4.73. The summed E-state index contributed by atoms with van der Waals surface area (Å²) in [4.78, 5) is 4.23. The normalized spacial score (nSPS) is 22.3. The first-order valence-electron chi connectivity index (χ1n) is 5.44. The zero-order valence-electron chi connectivity index (χ0n) is 9.76. The third kappa shape index (κ3) is 4.27. The molecule has 1 atom stereocenters. The fourth-order valence-corrected chi connectivity index (χ4v) is 1.79. The Bertz CT molecular complexity index is 203. The molecule has 0 aromatic heterocycles. The van der Waals surface area contributed by atoms with E-state index >= 15 is 0 Å². The number of ether oxygens (including phenoxy) is 1. The van der Waals surface area contributed by atoms with E-state index in [1.54, 1.807) is 0 Å². The Balaban J connectivity index is 2.28. The van der Waals surface area contributed by atoms with Gasteiger partial charge in [0.1, 0.15) is 0 Å². The molecule has 0 N–H and O–H groups in total. The van der Waals surface area contributed by atoms with E-state index in [-0.39, 0.29) is 6.42 Å². The number of rotatable bonds is 4. The second kappa shape index (κ2) is 5.84. The van der Waals surface area contributed by atoms with Crippen molar-refractivity contribution in [1.82, 2.24) is 9.80 Å². The van der Waals surface area contributed by atoms with Crippen LogP contribution in [0.3, 0.4) is 0 Å². The van der Waals surface area contributed by atoms with Crippen LogP contribution in [-0.2, 0) is 4.74 Å². The van der Waals surface area contributed by atoms with Gasteiger partial charge in [-0.05, 0) is 13.5 Å². The van der Waals surface area contributed by atoms with Crippen LogP contribution in [0.4, 0.5) is 13.2 Å². The van der Waals surface area contributed by atoms with E-state index in [4.69, 9.17) is 0 Å². The van der Waals surface area contributed by atoms with Crippen LogP contribution in [0.25, 0.3) is 0 Å². The molecule has 0 bridgehead atoms. The van der Waals surface area contributed by atoms with E-state index in [0.717, 1.165) is 33.3 Å². The lowest BCUT2D eigenvalue weighted by Gasteiger charge is -2.33. The number of hydrogen-bond donors (Lipinski definition) is 0. The quantitative estimate of drug-likeness (QED) is 0.734. The first-order chi connectivity index (χ1) is 7.43. The van der Waals surface area contributed by atoms with Crippen molar-refractivity contribution in [2.45, 2.75) is 18.7 Å². The van der Waals surface area contributed by atoms with Gasteiger partial charge in [0.25, 0.3) is 0 Å². The summed E-state index contributed by atoms with van der Waals surface area (Å²) >= 11 is 0. The average molecular weight is 240 g/mol. The van der Waals surface area contributed by atoms with Crippen LogP contribution in [0.1, 0.15) is 6.42 Å². The van der Waals surface area contributed by atoms with Gasteiger partial charge in [0.2, 0.25) is 0 Å². The first-order valence-corrected chi connectivity index (χ1v) is 5.44. The summed E-state index contributed by atoms with van der Waals surface area (Å²) in [6.07, 6.45) is -5.86. The number of nitrogens with zero attached hydrogens (tertiary/aromatic N) is 2. The van der Waals surface area contributed by atoms with E-state index in [1.807, 2.05) is 7.05 Å². The third-order valence-electron chi connectivity index (χ3n) is 2.95. The maximum absolute atomic E-state index is 12.4. The summed E-state index contributed by atoms with van der Waals surface area (Å²) in [6.45, 7) is 3.97. The summed E-state index contributed by atoms with van der Waals surface area (Å²) in [7, 11) is 3.13. The third-order valence-corrected chi connectivity index (χ3v) is 2.95. The monoisotopic (exact) mass is 240 g/mol. The summed E-state index contributed by atoms with van der Waals surface area (Å²) < 4.78 is 41.6. The number of methoxy groups -OCH3 is 1. The molecule has 0 aromatic carbocycles. The SMILES string of the molecule is COC(CCN1CCN(C)CC1)C(F)(F)F. The lowest BCUT2D eigenvalue weighted by atomic mass is 10.2. The Labute approximate surface area is 94.1 Å². The van der Waals surface area contributed by atoms with Gasteiger partial charge >= 0.3 is 6.18 Å². The van der Waals surface area contributed by atoms with Crippen molar-refractivity contribution in [3.05, 3.63) is 0 Å². The van der Waals surface area contributed by atoms with E-state index < -0.39 is 12.3 Å². The highest BCUT2D eigenvalue weighted by atomic mass is 19.4. The second-order valence-electron chi connectivity index (χ2n) is 4.20. The molecular weight excluding hydrogens is 221 g/mol. The fraction of sp³-hybridized carbons (Fsp3) is 1.00. The fourth-order valence-electron chi connectivity index (χ4n) is 1.79. The Morgan fingerprint density at radius 1 is 1.19 bits per heavy atom. The Morgan fingerprint density at radius 2 is 1.75 bits per heavy atom. The molecule has 0 amide bonds. The molecule has 1 saturated heterocycles. The van der Waals surface area contributed by atoms with Gasteiger partial charge in [-0.1, -0.05) is 0 Å². The van der Waals surface area contributed by atoms with Gasteiger partial charge in [-0.3, -0.25) is 0 Å². The minimum atomic E-state index is -4.25. The summed E-state index contributed by atoms with van der Waals surface area (Å²) in [5, 5.41) is 0. The van der Waals surface area contributed by atoms with Crippen molar-refractivity contribution in [1.29, 1.82) is 0 Å². The van der Waals surface area contributed by atoms with Gasteiger partial charge in [-0.15, -0.1) is 0 Å². The van der Waals surface area contributed by atoms with Crippen molar-refractivity contribution in [3.8, 4) is 0 Å². The van der Waals surface area contributed by atoms with Crippen molar-refractivity contribution < 1.29 is 17.9 Å². The standard InChI is InChI=1S/C10H19F3N2O/c1-14-5-7-15(8-6-14)4-3-9(16-2)10(11,12)13/h9H,3-8H2,1-2H3. The van der Waals surface area contributed by atoms with E-state index in [0.29, 0.717) is 6.54 Å². The van der Waals surface area contributed by atoms with Crippen LogP contribution in [0.2, 0.25) is 0 Å². The largest absolute Gasteiger partial charge is 0.414 e. The first kappa shape index (κ1) is 13.7. The molecule has 6 heteroatoms. The molecule has 0 radical (unpaired) electrons. The predicted molar refractivity (Wildman–Crippen MR) is 55.4 cm³/mol. The van der Waals surface area contributed by atoms with Crippen LogP contribution in [0.15, 0.2) is 0 Å². The van der Waals surface area contributed by atoms with Gasteiger partial charge in [0.15, 0.2) is 6.10 Å². The molecule has 1 aliphatic rings. The maximum Gasteiger partial charge on any atom is 0.414 e. The molecule has 1 rings (SSSR count). The minimum absolute atomic E-state index is 0.0176. The zero-order valence-corrected chi connectivity index (χ0v) is 9.76. The van der Waals surface area contributed by atoms with Gasteiger partial charge in [-0.2, -0.15) is 13.2 Å². The van der Waals surface area contributed by atoms with Crippen molar-refractivity contribution in [3.63, 3.8) is 0 Å². The number of piperazine rings is 1. The Kier molecular flexibility index (Phi) is 5.01. The smallest absolute Gasteiger partial charge is 0.372 e. The van der Waals surface area contributed by atoms with Crippen LogP contribution < -0.4 is 0 Å². The minimum Gasteiger partial charge on any atom is -0.372 e.